The fraction of sp³-hybridized carbons (Fsp3) is 0.500. The lowest BCUT2D eigenvalue weighted by Crippen LogP contribution is -2.27. The van der Waals surface area contributed by atoms with E-state index in [0.717, 1.165) is 25.9 Å². The first-order chi connectivity index (χ1) is 8.66. The highest BCUT2D eigenvalue weighted by Gasteiger charge is 2.15. The summed E-state index contributed by atoms with van der Waals surface area (Å²) in [7, 11) is 0. The molecule has 1 aromatic carbocycles. The molecule has 1 atom stereocenters. The van der Waals surface area contributed by atoms with Gasteiger partial charge in [0.15, 0.2) is 0 Å². The molecule has 4 heteroatoms. The maximum Gasteiger partial charge on any atom is 0.251 e. The van der Waals surface area contributed by atoms with E-state index >= 15 is 0 Å². The minimum atomic E-state index is -0.316. The van der Waals surface area contributed by atoms with Crippen LogP contribution in [0.15, 0.2) is 18.2 Å². The van der Waals surface area contributed by atoms with Gasteiger partial charge in [-0.05, 0) is 49.9 Å². The summed E-state index contributed by atoms with van der Waals surface area (Å²) in [5, 5.41) is 2.84. The van der Waals surface area contributed by atoms with E-state index in [1.165, 1.54) is 18.2 Å². The molecule has 1 aromatic rings. The number of benzene rings is 1. The van der Waals surface area contributed by atoms with Gasteiger partial charge in [-0.3, -0.25) is 4.79 Å². The molecule has 0 radical (unpaired) electrons. The molecule has 1 saturated heterocycles. The molecular weight excluding hydrogens is 233 g/mol. The minimum absolute atomic E-state index is 0.148. The first-order valence-corrected chi connectivity index (χ1v) is 6.33. The fourth-order valence-electron chi connectivity index (χ4n) is 2.20. The molecule has 0 aliphatic carbocycles. The third-order valence-electron chi connectivity index (χ3n) is 3.21. The molecule has 1 aliphatic rings. The Hall–Kier alpha value is -1.42. The van der Waals surface area contributed by atoms with Crippen molar-refractivity contribution in [3.8, 4) is 0 Å². The lowest BCUT2D eigenvalue weighted by molar-refractivity contribution is 0.0906. The molecular formula is C14H18FNO2. The summed E-state index contributed by atoms with van der Waals surface area (Å²) >= 11 is 0. The van der Waals surface area contributed by atoms with Gasteiger partial charge >= 0.3 is 0 Å². The summed E-state index contributed by atoms with van der Waals surface area (Å²) in [5.74, 6) is -0.464. The SMILES string of the molecule is Cc1cc(F)ccc1C(=O)NCCC1CCCO1. The van der Waals surface area contributed by atoms with Crippen molar-refractivity contribution in [2.45, 2.75) is 32.3 Å². The topological polar surface area (TPSA) is 38.3 Å². The van der Waals surface area contributed by atoms with Gasteiger partial charge in [0.05, 0.1) is 6.10 Å². The predicted octanol–water partition coefficient (Wildman–Crippen LogP) is 2.43. The maximum atomic E-state index is 12.9. The van der Waals surface area contributed by atoms with E-state index in [0.29, 0.717) is 17.7 Å². The van der Waals surface area contributed by atoms with E-state index in [-0.39, 0.29) is 17.8 Å². The first kappa shape index (κ1) is 13.0. The number of carbonyl (C=O) groups excluding carboxylic acids is 1. The van der Waals surface area contributed by atoms with Crippen LogP contribution < -0.4 is 5.32 Å². The normalized spacial score (nSPS) is 18.9. The Morgan fingerprint density at radius 1 is 1.56 bits per heavy atom. The molecule has 1 aliphatic heterocycles. The lowest BCUT2D eigenvalue weighted by Gasteiger charge is -2.11. The smallest absolute Gasteiger partial charge is 0.251 e. The largest absolute Gasteiger partial charge is 0.378 e. The predicted molar refractivity (Wildman–Crippen MR) is 67.1 cm³/mol. The first-order valence-electron chi connectivity index (χ1n) is 6.33. The van der Waals surface area contributed by atoms with Gasteiger partial charge in [-0.15, -0.1) is 0 Å². The van der Waals surface area contributed by atoms with Crippen molar-refractivity contribution in [2.75, 3.05) is 13.2 Å². The Kier molecular flexibility index (Phi) is 4.31. The summed E-state index contributed by atoms with van der Waals surface area (Å²) in [6, 6.07) is 4.20. The number of carbonyl (C=O) groups is 1. The number of rotatable bonds is 4. The maximum absolute atomic E-state index is 12.9. The Balaban J connectivity index is 1.83. The van der Waals surface area contributed by atoms with Crippen LogP contribution in [0.4, 0.5) is 4.39 Å². The molecule has 0 aromatic heterocycles. The number of nitrogens with one attached hydrogen (secondary N) is 1. The van der Waals surface area contributed by atoms with Crippen LogP contribution in [-0.2, 0) is 4.74 Å². The van der Waals surface area contributed by atoms with Crippen molar-refractivity contribution < 1.29 is 13.9 Å². The minimum Gasteiger partial charge on any atom is -0.378 e. The van der Waals surface area contributed by atoms with E-state index in [4.69, 9.17) is 4.74 Å². The van der Waals surface area contributed by atoms with Gasteiger partial charge in [-0.2, -0.15) is 0 Å². The molecule has 1 fully saturated rings. The molecule has 1 heterocycles. The van der Waals surface area contributed by atoms with Crippen LogP contribution in [0.3, 0.4) is 0 Å². The second kappa shape index (κ2) is 5.96. The molecule has 18 heavy (non-hydrogen) atoms. The van der Waals surface area contributed by atoms with E-state index in [1.54, 1.807) is 6.92 Å². The summed E-state index contributed by atoms with van der Waals surface area (Å²) < 4.78 is 18.4. The highest BCUT2D eigenvalue weighted by molar-refractivity contribution is 5.95. The van der Waals surface area contributed by atoms with Crippen molar-refractivity contribution in [3.63, 3.8) is 0 Å². The zero-order chi connectivity index (χ0) is 13.0. The lowest BCUT2D eigenvalue weighted by atomic mass is 10.1. The number of ether oxygens (including phenoxy) is 1. The number of aryl methyl sites for hydroxylation is 1. The highest BCUT2D eigenvalue weighted by Crippen LogP contribution is 2.15. The number of hydrogen-bond acceptors (Lipinski definition) is 2. The summed E-state index contributed by atoms with van der Waals surface area (Å²) in [6.45, 7) is 3.16. The standard InChI is InChI=1S/C14H18FNO2/c1-10-9-11(15)4-5-13(10)14(17)16-7-6-12-3-2-8-18-12/h4-5,9,12H,2-3,6-8H2,1H3,(H,16,17). The van der Waals surface area contributed by atoms with Crippen LogP contribution in [0.1, 0.15) is 35.2 Å². The average molecular weight is 251 g/mol. The van der Waals surface area contributed by atoms with Gasteiger partial charge in [0, 0.05) is 18.7 Å². The summed E-state index contributed by atoms with van der Waals surface area (Å²) in [4.78, 5) is 11.9. The Labute approximate surface area is 106 Å². The van der Waals surface area contributed by atoms with Gasteiger partial charge in [0.25, 0.3) is 5.91 Å². The fourth-order valence-corrected chi connectivity index (χ4v) is 2.20. The van der Waals surface area contributed by atoms with E-state index < -0.39 is 0 Å². The van der Waals surface area contributed by atoms with Crippen LogP contribution in [-0.4, -0.2) is 25.2 Å². The van der Waals surface area contributed by atoms with E-state index in [1.807, 2.05) is 0 Å². The number of amides is 1. The van der Waals surface area contributed by atoms with Crippen molar-refractivity contribution >= 4 is 5.91 Å². The van der Waals surface area contributed by atoms with Crippen molar-refractivity contribution in [3.05, 3.63) is 35.1 Å². The van der Waals surface area contributed by atoms with Crippen LogP contribution in [0.2, 0.25) is 0 Å². The zero-order valence-corrected chi connectivity index (χ0v) is 10.5. The molecule has 0 spiro atoms. The molecule has 2 rings (SSSR count). The molecule has 3 nitrogen and oxygen atoms in total. The monoisotopic (exact) mass is 251 g/mol. The second-order valence-corrected chi connectivity index (χ2v) is 4.64. The zero-order valence-electron chi connectivity index (χ0n) is 10.5. The van der Waals surface area contributed by atoms with Gasteiger partial charge in [0.1, 0.15) is 5.82 Å². The highest BCUT2D eigenvalue weighted by atomic mass is 19.1. The Bertz CT molecular complexity index is 428. The van der Waals surface area contributed by atoms with Crippen LogP contribution in [0.25, 0.3) is 0 Å². The van der Waals surface area contributed by atoms with Crippen LogP contribution in [0, 0.1) is 12.7 Å². The summed E-state index contributed by atoms with van der Waals surface area (Å²) in [5.41, 5.74) is 1.19. The van der Waals surface area contributed by atoms with Crippen LogP contribution in [0.5, 0.6) is 0 Å². The van der Waals surface area contributed by atoms with E-state index in [9.17, 15) is 9.18 Å². The molecule has 0 bridgehead atoms. The second-order valence-electron chi connectivity index (χ2n) is 4.64. The summed E-state index contributed by atoms with van der Waals surface area (Å²) in [6.07, 6.45) is 3.30. The quantitative estimate of drug-likeness (QED) is 0.892. The molecule has 1 N–H and O–H groups in total. The molecule has 1 unspecified atom stereocenters. The van der Waals surface area contributed by atoms with Gasteiger partial charge in [-0.25, -0.2) is 4.39 Å². The number of halogens is 1. The molecule has 1 amide bonds. The third kappa shape index (κ3) is 3.29. The van der Waals surface area contributed by atoms with Gasteiger partial charge in [0.2, 0.25) is 0 Å². The third-order valence-corrected chi connectivity index (χ3v) is 3.21. The van der Waals surface area contributed by atoms with Crippen molar-refractivity contribution in [1.82, 2.24) is 5.32 Å². The van der Waals surface area contributed by atoms with Gasteiger partial charge in [-0.1, -0.05) is 0 Å². The van der Waals surface area contributed by atoms with Crippen LogP contribution >= 0.6 is 0 Å². The van der Waals surface area contributed by atoms with Gasteiger partial charge < -0.3 is 10.1 Å². The molecule has 0 saturated carbocycles. The van der Waals surface area contributed by atoms with Crippen molar-refractivity contribution in [1.29, 1.82) is 0 Å². The average Bonchev–Trinajstić information content (AvgIpc) is 2.81. The van der Waals surface area contributed by atoms with E-state index in [2.05, 4.69) is 5.32 Å². The molecule has 98 valence electrons. The Morgan fingerprint density at radius 3 is 3.06 bits per heavy atom. The number of hydrogen-bond donors (Lipinski definition) is 1. The Morgan fingerprint density at radius 2 is 2.39 bits per heavy atom. The van der Waals surface area contributed by atoms with Crippen molar-refractivity contribution in [2.24, 2.45) is 0 Å².